The first-order valence-electron chi connectivity index (χ1n) is 7.91. The van der Waals surface area contributed by atoms with Gasteiger partial charge in [-0.3, -0.25) is 0 Å². The number of urea groups is 1. The van der Waals surface area contributed by atoms with E-state index in [1.165, 1.54) is 0 Å². The number of unbranched alkanes of at least 4 members (excludes halogenated alkanes) is 1. The number of amides is 2. The van der Waals surface area contributed by atoms with Crippen LogP contribution in [0.2, 0.25) is 0 Å². The molecule has 2 rings (SSSR count). The molecule has 0 aliphatic heterocycles. The van der Waals surface area contributed by atoms with Crippen molar-refractivity contribution in [2.45, 2.75) is 32.4 Å². The number of nitrogens with zero attached hydrogens (tertiary/aromatic N) is 1. The van der Waals surface area contributed by atoms with Gasteiger partial charge >= 0.3 is 12.2 Å². The molecule has 0 fully saturated rings. The molecule has 9 heteroatoms. The van der Waals surface area contributed by atoms with Crippen molar-refractivity contribution in [3.8, 4) is 0 Å². The topological polar surface area (TPSA) is 93.5 Å². The van der Waals surface area contributed by atoms with E-state index < -0.39 is 17.1 Å². The number of hydrogen-bond acceptors (Lipinski definition) is 3. The number of aliphatic imine (C=N–C) groups is 1. The van der Waals surface area contributed by atoms with Crippen LogP contribution in [0.1, 0.15) is 35.8 Å². The minimum Gasteiger partial charge on any atom is -0.390 e. The van der Waals surface area contributed by atoms with E-state index in [9.17, 15) is 18.0 Å². The fraction of sp³-hybridized carbons (Fsp3) is 0.294. The van der Waals surface area contributed by atoms with Gasteiger partial charge in [-0.05, 0) is 36.6 Å². The molecule has 0 aliphatic carbocycles. The number of rotatable bonds is 5. The summed E-state index contributed by atoms with van der Waals surface area (Å²) in [7, 11) is 0. The smallest absolute Gasteiger partial charge is 0.390 e. The van der Waals surface area contributed by atoms with Gasteiger partial charge in [0.2, 0.25) is 0 Å². The van der Waals surface area contributed by atoms with Crippen LogP contribution in [0.5, 0.6) is 0 Å². The van der Waals surface area contributed by atoms with Crippen LogP contribution in [-0.4, -0.2) is 11.9 Å². The van der Waals surface area contributed by atoms with Gasteiger partial charge in [-0.1, -0.05) is 25.5 Å². The molecule has 5 N–H and O–H groups in total. The second kappa shape index (κ2) is 8.22. The van der Waals surface area contributed by atoms with E-state index in [0.717, 1.165) is 30.9 Å². The number of nitrogens with one attached hydrogen (secondary N) is 1. The van der Waals surface area contributed by atoms with Crippen molar-refractivity contribution >= 4 is 33.9 Å². The van der Waals surface area contributed by atoms with Crippen LogP contribution in [-0.2, 0) is 12.6 Å². The predicted octanol–water partition coefficient (Wildman–Crippen LogP) is 4.63. The lowest BCUT2D eigenvalue weighted by atomic mass is 10.1. The monoisotopic (exact) mass is 384 g/mol. The Kier molecular flexibility index (Phi) is 6.25. The molecule has 0 spiro atoms. The average molecular weight is 384 g/mol. The van der Waals surface area contributed by atoms with Crippen LogP contribution in [0.15, 0.2) is 35.3 Å². The molecule has 2 aromatic rings. The Morgan fingerprint density at radius 1 is 1.27 bits per heavy atom. The van der Waals surface area contributed by atoms with Crippen LogP contribution in [0.25, 0.3) is 0 Å². The molecule has 0 bridgehead atoms. The molecule has 26 heavy (non-hydrogen) atoms. The minimum absolute atomic E-state index is 0.104. The molecule has 0 radical (unpaired) electrons. The molecular weight excluding hydrogens is 365 g/mol. The normalized spacial score (nSPS) is 12.2. The third kappa shape index (κ3) is 5.22. The highest BCUT2D eigenvalue weighted by atomic mass is 32.1. The van der Waals surface area contributed by atoms with Gasteiger partial charge in [-0.25, -0.2) is 4.79 Å². The van der Waals surface area contributed by atoms with Gasteiger partial charge in [0.05, 0.1) is 10.6 Å². The highest BCUT2D eigenvalue weighted by molar-refractivity contribution is 7.16. The van der Waals surface area contributed by atoms with E-state index in [2.05, 4.69) is 17.2 Å². The van der Waals surface area contributed by atoms with Crippen molar-refractivity contribution < 1.29 is 18.0 Å². The summed E-state index contributed by atoms with van der Waals surface area (Å²) in [5.74, 6) is -0.369. The van der Waals surface area contributed by atoms with Gasteiger partial charge in [0.25, 0.3) is 0 Å². The van der Waals surface area contributed by atoms with Crippen LogP contribution < -0.4 is 16.8 Å². The molecule has 1 aromatic heterocycles. The molecule has 1 aromatic carbocycles. The largest absolute Gasteiger partial charge is 0.425 e. The lowest BCUT2D eigenvalue weighted by molar-refractivity contribution is -0.134. The molecule has 0 saturated carbocycles. The van der Waals surface area contributed by atoms with Crippen molar-refractivity contribution in [1.82, 2.24) is 0 Å². The van der Waals surface area contributed by atoms with Crippen molar-refractivity contribution in [1.29, 1.82) is 0 Å². The van der Waals surface area contributed by atoms with Crippen LogP contribution in [0, 0.1) is 0 Å². The van der Waals surface area contributed by atoms with Gasteiger partial charge in [-0.2, -0.15) is 18.2 Å². The SMILES string of the molecule is CCCCc1ccc(NC(=O)/N=C(\N)c2cc(C(F)(F)F)sc2N)cc1. The zero-order valence-electron chi connectivity index (χ0n) is 14.1. The quantitative estimate of drug-likeness (QED) is 0.518. The lowest BCUT2D eigenvalue weighted by Crippen LogP contribution is -2.19. The van der Waals surface area contributed by atoms with Crippen LogP contribution in [0.4, 0.5) is 28.7 Å². The summed E-state index contributed by atoms with van der Waals surface area (Å²) in [6.07, 6.45) is -1.41. The van der Waals surface area contributed by atoms with Crippen molar-refractivity contribution in [2.24, 2.45) is 10.7 Å². The van der Waals surface area contributed by atoms with Crippen LogP contribution >= 0.6 is 11.3 Å². The molecule has 2 amide bonds. The fourth-order valence-corrected chi connectivity index (χ4v) is 3.00. The zero-order chi connectivity index (χ0) is 19.3. The van der Waals surface area contributed by atoms with Crippen molar-refractivity contribution in [3.05, 3.63) is 46.3 Å². The summed E-state index contributed by atoms with van der Waals surface area (Å²) in [4.78, 5) is 14.6. The number of carbonyl (C=O) groups is 1. The lowest BCUT2D eigenvalue weighted by Gasteiger charge is -2.05. The molecule has 1 heterocycles. The number of anilines is 2. The Hall–Kier alpha value is -2.55. The number of carbonyl (C=O) groups excluding carboxylic acids is 1. The van der Waals surface area contributed by atoms with E-state index in [1.807, 2.05) is 12.1 Å². The summed E-state index contributed by atoms with van der Waals surface area (Å²) in [6, 6.07) is 7.25. The number of hydrogen-bond donors (Lipinski definition) is 3. The first kappa shape index (κ1) is 19.8. The summed E-state index contributed by atoms with van der Waals surface area (Å²) >= 11 is 0.349. The van der Waals surface area contributed by atoms with E-state index >= 15 is 0 Å². The Morgan fingerprint density at radius 3 is 2.46 bits per heavy atom. The fourth-order valence-electron chi connectivity index (χ4n) is 2.20. The second-order valence-corrected chi connectivity index (χ2v) is 6.70. The summed E-state index contributed by atoms with van der Waals surface area (Å²) < 4.78 is 38.1. The second-order valence-electron chi connectivity index (χ2n) is 5.61. The zero-order valence-corrected chi connectivity index (χ0v) is 14.9. The first-order valence-corrected chi connectivity index (χ1v) is 8.73. The van der Waals surface area contributed by atoms with Gasteiger partial charge in [-0.15, -0.1) is 11.3 Å². The summed E-state index contributed by atoms with van der Waals surface area (Å²) in [5, 5.41) is 2.37. The van der Waals surface area contributed by atoms with Crippen molar-refractivity contribution in [3.63, 3.8) is 0 Å². The number of nitrogens with two attached hydrogens (primary N) is 2. The maximum absolute atomic E-state index is 12.7. The molecule has 5 nitrogen and oxygen atoms in total. The Balaban J connectivity index is 2.07. The Bertz CT molecular complexity index is 797. The van der Waals surface area contributed by atoms with E-state index in [-0.39, 0.29) is 16.4 Å². The van der Waals surface area contributed by atoms with Crippen molar-refractivity contribution in [2.75, 3.05) is 11.1 Å². The van der Waals surface area contributed by atoms with E-state index in [4.69, 9.17) is 11.5 Å². The standard InChI is InChI=1S/C17H19F3N4OS/c1-2-3-4-10-5-7-11(8-6-10)23-16(25)24-14(21)12-9-13(17(18,19)20)26-15(12)22/h5-9H,2-4,22H2,1H3,(H3,21,23,24,25). The third-order valence-electron chi connectivity index (χ3n) is 3.56. The summed E-state index contributed by atoms with van der Waals surface area (Å²) in [5.41, 5.74) is 12.7. The van der Waals surface area contributed by atoms with Gasteiger partial charge < -0.3 is 16.8 Å². The highest BCUT2D eigenvalue weighted by Crippen LogP contribution is 2.37. The highest BCUT2D eigenvalue weighted by Gasteiger charge is 2.34. The third-order valence-corrected chi connectivity index (χ3v) is 4.57. The molecule has 0 atom stereocenters. The van der Waals surface area contributed by atoms with E-state index in [1.54, 1.807) is 12.1 Å². The average Bonchev–Trinajstić information content (AvgIpc) is 2.96. The van der Waals surface area contributed by atoms with Crippen LogP contribution in [0.3, 0.4) is 0 Å². The number of halogens is 3. The first-order chi connectivity index (χ1) is 12.2. The number of amidine groups is 1. The molecular formula is C17H19F3N4OS. The van der Waals surface area contributed by atoms with Gasteiger partial charge in [0, 0.05) is 5.69 Å². The number of benzene rings is 1. The van der Waals surface area contributed by atoms with Gasteiger partial charge in [0.15, 0.2) is 0 Å². The molecule has 0 saturated heterocycles. The van der Waals surface area contributed by atoms with E-state index in [0.29, 0.717) is 17.0 Å². The van der Waals surface area contributed by atoms with Gasteiger partial charge in [0.1, 0.15) is 10.7 Å². The molecule has 0 unspecified atom stereocenters. The molecule has 140 valence electrons. The maximum Gasteiger partial charge on any atom is 0.425 e. The minimum atomic E-state index is -4.53. The number of nitrogen functional groups attached to an aromatic ring is 1. The summed E-state index contributed by atoms with van der Waals surface area (Å²) in [6.45, 7) is 2.11. The molecule has 0 aliphatic rings. The Morgan fingerprint density at radius 2 is 1.92 bits per heavy atom. The maximum atomic E-state index is 12.7. The number of aryl methyl sites for hydroxylation is 1. The number of alkyl halides is 3. The Labute approximate surface area is 152 Å². The number of thiophene rings is 1. The predicted molar refractivity (Wildman–Crippen MR) is 98.5 cm³/mol.